The Balaban J connectivity index is 1.21. The SMILES string of the molecule is COC(=O)c1ccc(OCCCc2ccc(OCCCCOC3CCCCC3)cc2)c(C(=O)N2CCC(C(=O)OC)CC2)c1. The van der Waals surface area contributed by atoms with Gasteiger partial charge in [-0.2, -0.15) is 0 Å². The quantitative estimate of drug-likeness (QED) is 0.179. The Morgan fingerprint density at radius 2 is 1.48 bits per heavy atom. The zero-order valence-electron chi connectivity index (χ0n) is 26.2. The minimum atomic E-state index is -0.522. The Hall–Kier alpha value is -3.59. The van der Waals surface area contributed by atoms with Crippen LogP contribution >= 0.6 is 0 Å². The lowest BCUT2D eigenvalue weighted by molar-refractivity contribution is -0.146. The Labute approximate surface area is 261 Å². The first kappa shape index (κ1) is 33.3. The van der Waals surface area contributed by atoms with E-state index in [1.165, 1.54) is 58.0 Å². The summed E-state index contributed by atoms with van der Waals surface area (Å²) in [4.78, 5) is 39.2. The van der Waals surface area contributed by atoms with E-state index in [-0.39, 0.29) is 23.4 Å². The number of aryl methyl sites for hydroxylation is 1. The van der Waals surface area contributed by atoms with Gasteiger partial charge in [-0.1, -0.05) is 31.4 Å². The highest BCUT2D eigenvalue weighted by Gasteiger charge is 2.30. The summed E-state index contributed by atoms with van der Waals surface area (Å²) in [6.07, 6.45) is 11.4. The summed E-state index contributed by atoms with van der Waals surface area (Å²) >= 11 is 0. The number of hydrogen-bond acceptors (Lipinski definition) is 8. The maximum absolute atomic E-state index is 13.5. The van der Waals surface area contributed by atoms with E-state index in [1.54, 1.807) is 17.0 Å². The molecule has 9 nitrogen and oxygen atoms in total. The first-order valence-electron chi connectivity index (χ1n) is 16.0. The molecule has 1 aliphatic carbocycles. The molecule has 0 N–H and O–H groups in total. The zero-order chi connectivity index (χ0) is 31.1. The van der Waals surface area contributed by atoms with Gasteiger partial charge in [0.1, 0.15) is 11.5 Å². The molecule has 0 atom stereocenters. The molecule has 1 saturated heterocycles. The maximum atomic E-state index is 13.5. The van der Waals surface area contributed by atoms with Crippen LogP contribution in [0, 0.1) is 5.92 Å². The monoisotopic (exact) mass is 609 g/mol. The maximum Gasteiger partial charge on any atom is 0.337 e. The number of nitrogens with zero attached hydrogens (tertiary/aromatic N) is 1. The predicted molar refractivity (Wildman–Crippen MR) is 166 cm³/mol. The van der Waals surface area contributed by atoms with Gasteiger partial charge in [-0.3, -0.25) is 9.59 Å². The average molecular weight is 610 g/mol. The Morgan fingerprint density at radius 1 is 0.773 bits per heavy atom. The molecule has 2 aliphatic rings. The van der Waals surface area contributed by atoms with Crippen LogP contribution in [0.15, 0.2) is 42.5 Å². The number of ether oxygens (including phenoxy) is 5. The van der Waals surface area contributed by atoms with Gasteiger partial charge in [-0.05, 0) is 87.3 Å². The van der Waals surface area contributed by atoms with Crippen molar-refractivity contribution in [1.82, 2.24) is 4.90 Å². The molecule has 1 saturated carbocycles. The van der Waals surface area contributed by atoms with E-state index in [2.05, 4.69) is 12.1 Å². The summed E-state index contributed by atoms with van der Waals surface area (Å²) in [5, 5.41) is 0. The average Bonchev–Trinajstić information content (AvgIpc) is 3.08. The number of rotatable bonds is 15. The molecule has 0 aromatic heterocycles. The van der Waals surface area contributed by atoms with E-state index >= 15 is 0 Å². The van der Waals surface area contributed by atoms with Crippen LogP contribution in [-0.4, -0.2) is 76.0 Å². The third-order valence-electron chi connectivity index (χ3n) is 8.45. The van der Waals surface area contributed by atoms with Crippen LogP contribution in [0.4, 0.5) is 0 Å². The predicted octanol–water partition coefficient (Wildman–Crippen LogP) is 6.02. The highest BCUT2D eigenvalue weighted by atomic mass is 16.5. The molecule has 0 bridgehead atoms. The first-order chi connectivity index (χ1) is 21.5. The lowest BCUT2D eigenvalue weighted by Gasteiger charge is -2.31. The van der Waals surface area contributed by atoms with E-state index in [0.29, 0.717) is 56.6 Å². The number of piperidine rings is 1. The van der Waals surface area contributed by atoms with Crippen molar-refractivity contribution in [1.29, 1.82) is 0 Å². The fourth-order valence-corrected chi connectivity index (χ4v) is 5.81. The highest BCUT2D eigenvalue weighted by molar-refractivity contribution is 6.00. The summed E-state index contributed by atoms with van der Waals surface area (Å²) in [7, 11) is 2.68. The molecule has 0 unspecified atom stereocenters. The summed E-state index contributed by atoms with van der Waals surface area (Å²) < 4.78 is 27.7. The number of unbranched alkanes of at least 4 members (excludes halogenated alkanes) is 1. The Kier molecular flexibility index (Phi) is 13.4. The van der Waals surface area contributed by atoms with Crippen LogP contribution in [0.2, 0.25) is 0 Å². The Morgan fingerprint density at radius 3 is 2.18 bits per heavy atom. The van der Waals surface area contributed by atoms with Crippen LogP contribution in [0.25, 0.3) is 0 Å². The van der Waals surface area contributed by atoms with Crippen molar-refractivity contribution in [3.8, 4) is 11.5 Å². The van der Waals surface area contributed by atoms with Crippen LogP contribution < -0.4 is 9.47 Å². The second kappa shape index (κ2) is 17.6. The molecule has 44 heavy (non-hydrogen) atoms. The topological polar surface area (TPSA) is 101 Å². The second-order valence-corrected chi connectivity index (χ2v) is 11.6. The smallest absolute Gasteiger partial charge is 0.337 e. The number of benzene rings is 2. The lowest BCUT2D eigenvalue weighted by atomic mass is 9.96. The molecule has 1 amide bonds. The summed E-state index contributed by atoms with van der Waals surface area (Å²) in [6.45, 7) is 2.75. The normalized spacial score (nSPS) is 15.9. The van der Waals surface area contributed by atoms with Crippen molar-refractivity contribution in [2.24, 2.45) is 5.92 Å². The van der Waals surface area contributed by atoms with Gasteiger partial charge < -0.3 is 28.6 Å². The van der Waals surface area contributed by atoms with Gasteiger partial charge in [-0.25, -0.2) is 4.79 Å². The second-order valence-electron chi connectivity index (χ2n) is 11.6. The minimum absolute atomic E-state index is 0.211. The van der Waals surface area contributed by atoms with Gasteiger partial charge in [0.15, 0.2) is 0 Å². The van der Waals surface area contributed by atoms with Gasteiger partial charge in [0, 0.05) is 19.7 Å². The summed E-state index contributed by atoms with van der Waals surface area (Å²) in [6, 6.07) is 12.9. The number of esters is 2. The largest absolute Gasteiger partial charge is 0.494 e. The molecular formula is C35H47NO8. The van der Waals surface area contributed by atoms with Crippen LogP contribution in [0.5, 0.6) is 11.5 Å². The number of carbonyl (C=O) groups excluding carboxylic acids is 3. The van der Waals surface area contributed by atoms with Gasteiger partial charge >= 0.3 is 11.9 Å². The standard InChI is InChI=1S/C35H47NO8/c1-40-34(38)27-18-20-36(21-19-27)33(37)31-25-28(35(39)41-2)14-17-32(31)44-24-8-9-26-12-15-30(16-13-26)43-23-7-6-22-42-29-10-4-3-5-11-29/h12-17,25,27,29H,3-11,18-24H2,1-2H3. The molecule has 0 radical (unpaired) electrons. The molecular weight excluding hydrogens is 562 g/mol. The van der Waals surface area contributed by atoms with Crippen molar-refractivity contribution in [3.05, 3.63) is 59.2 Å². The van der Waals surface area contributed by atoms with E-state index in [0.717, 1.165) is 38.0 Å². The molecule has 1 heterocycles. The van der Waals surface area contributed by atoms with Crippen molar-refractivity contribution in [3.63, 3.8) is 0 Å². The fraction of sp³-hybridized carbons (Fsp3) is 0.571. The fourth-order valence-electron chi connectivity index (χ4n) is 5.81. The lowest BCUT2D eigenvalue weighted by Crippen LogP contribution is -2.40. The molecule has 4 rings (SSSR count). The molecule has 0 spiro atoms. The van der Waals surface area contributed by atoms with Gasteiger partial charge in [0.25, 0.3) is 5.91 Å². The van der Waals surface area contributed by atoms with Crippen LogP contribution in [0.3, 0.4) is 0 Å². The molecule has 2 aromatic carbocycles. The van der Waals surface area contributed by atoms with E-state index in [9.17, 15) is 14.4 Å². The number of hydrogen-bond donors (Lipinski definition) is 0. The van der Waals surface area contributed by atoms with E-state index in [4.69, 9.17) is 23.7 Å². The third kappa shape index (κ3) is 9.97. The van der Waals surface area contributed by atoms with Gasteiger partial charge in [0.2, 0.25) is 0 Å². The Bertz CT molecular complexity index is 1200. The number of amides is 1. The van der Waals surface area contributed by atoms with E-state index < -0.39 is 5.97 Å². The van der Waals surface area contributed by atoms with Crippen molar-refractivity contribution >= 4 is 17.8 Å². The van der Waals surface area contributed by atoms with Crippen molar-refractivity contribution in [2.75, 3.05) is 47.1 Å². The first-order valence-corrected chi connectivity index (χ1v) is 16.0. The van der Waals surface area contributed by atoms with Gasteiger partial charge in [-0.15, -0.1) is 0 Å². The summed E-state index contributed by atoms with van der Waals surface area (Å²) in [5.74, 6) is 0.0696. The van der Waals surface area contributed by atoms with Crippen molar-refractivity contribution in [2.45, 2.75) is 76.7 Å². The van der Waals surface area contributed by atoms with Crippen LogP contribution in [-0.2, 0) is 25.4 Å². The molecule has 1 aliphatic heterocycles. The van der Waals surface area contributed by atoms with Crippen molar-refractivity contribution < 1.29 is 38.1 Å². The molecule has 2 aromatic rings. The molecule has 9 heteroatoms. The number of carbonyl (C=O) groups is 3. The zero-order valence-corrected chi connectivity index (χ0v) is 26.2. The van der Waals surface area contributed by atoms with E-state index in [1.807, 2.05) is 12.1 Å². The summed E-state index contributed by atoms with van der Waals surface area (Å²) in [5.41, 5.74) is 1.77. The highest BCUT2D eigenvalue weighted by Crippen LogP contribution is 2.27. The number of methoxy groups -OCH3 is 2. The number of likely N-dealkylation sites (tertiary alicyclic amines) is 1. The minimum Gasteiger partial charge on any atom is -0.494 e. The third-order valence-corrected chi connectivity index (χ3v) is 8.45. The molecule has 240 valence electrons. The molecule has 2 fully saturated rings. The van der Waals surface area contributed by atoms with Gasteiger partial charge in [0.05, 0.1) is 50.6 Å². The van der Waals surface area contributed by atoms with Crippen LogP contribution in [0.1, 0.15) is 90.5 Å².